The maximum Gasteiger partial charge on any atom is 0.150 e. The largest absolute Gasteiger partial charge is 0.396 e. The summed E-state index contributed by atoms with van der Waals surface area (Å²) in [6.07, 6.45) is 1.42. The fraction of sp³-hybridized carbons (Fsp3) is 0.100. The number of anilines is 2. The Labute approximate surface area is 91.1 Å². The summed E-state index contributed by atoms with van der Waals surface area (Å²) in [5.41, 5.74) is 7.07. The normalized spacial score (nSPS) is 10.6. The lowest BCUT2D eigenvalue weighted by Gasteiger charge is -2.09. The first kappa shape index (κ1) is 9.98. The van der Waals surface area contributed by atoms with E-state index in [2.05, 4.69) is 10.3 Å². The highest BCUT2D eigenvalue weighted by Gasteiger charge is 2.10. The van der Waals surface area contributed by atoms with Crippen LogP contribution in [0.1, 0.15) is 0 Å². The maximum absolute atomic E-state index is 13.5. The van der Waals surface area contributed by atoms with Crippen molar-refractivity contribution in [3.8, 4) is 0 Å². The molecule has 2 rings (SSSR count). The van der Waals surface area contributed by atoms with Crippen LogP contribution in [-0.2, 0) is 0 Å². The van der Waals surface area contributed by atoms with Gasteiger partial charge in [-0.1, -0.05) is 11.6 Å². The summed E-state index contributed by atoms with van der Waals surface area (Å²) in [6, 6.07) is 2.86. The molecule has 3 nitrogen and oxygen atoms in total. The Kier molecular flexibility index (Phi) is 2.36. The Morgan fingerprint density at radius 1 is 1.47 bits per heavy atom. The topological polar surface area (TPSA) is 50.9 Å². The number of nitrogen functional groups attached to an aromatic ring is 1. The monoisotopic (exact) mass is 225 g/mol. The van der Waals surface area contributed by atoms with Crippen molar-refractivity contribution in [2.24, 2.45) is 0 Å². The Morgan fingerprint density at radius 2 is 2.20 bits per heavy atom. The number of aromatic nitrogens is 1. The fourth-order valence-electron chi connectivity index (χ4n) is 1.52. The summed E-state index contributed by atoms with van der Waals surface area (Å²) in [5, 5.41) is 3.81. The molecule has 0 atom stereocenters. The molecule has 0 saturated carbocycles. The maximum atomic E-state index is 13.5. The number of hydrogen-bond donors (Lipinski definition) is 2. The van der Waals surface area contributed by atoms with Crippen LogP contribution >= 0.6 is 11.6 Å². The zero-order valence-electron chi connectivity index (χ0n) is 8.01. The van der Waals surface area contributed by atoms with Crippen LogP contribution in [0.2, 0.25) is 5.02 Å². The van der Waals surface area contributed by atoms with Crippen LogP contribution in [0.25, 0.3) is 10.9 Å². The van der Waals surface area contributed by atoms with Crippen LogP contribution in [0, 0.1) is 5.82 Å². The Bertz CT molecular complexity index is 528. The highest BCUT2D eigenvalue weighted by molar-refractivity contribution is 6.31. The van der Waals surface area contributed by atoms with Crippen molar-refractivity contribution in [3.63, 3.8) is 0 Å². The molecule has 0 aliphatic carbocycles. The Balaban J connectivity index is 2.91. The predicted molar refractivity (Wildman–Crippen MR) is 60.7 cm³/mol. The van der Waals surface area contributed by atoms with Gasteiger partial charge in [0.2, 0.25) is 0 Å². The van der Waals surface area contributed by atoms with Crippen LogP contribution in [0.3, 0.4) is 0 Å². The van der Waals surface area contributed by atoms with E-state index in [1.54, 1.807) is 13.1 Å². The van der Waals surface area contributed by atoms with Gasteiger partial charge in [0.1, 0.15) is 5.52 Å². The smallest absolute Gasteiger partial charge is 0.150 e. The van der Waals surface area contributed by atoms with E-state index in [0.717, 1.165) is 0 Å². The number of benzene rings is 1. The third kappa shape index (κ3) is 1.57. The summed E-state index contributed by atoms with van der Waals surface area (Å²) in [4.78, 5) is 3.93. The SMILES string of the molecule is CNc1c(N)cnc2c(F)cc(Cl)cc12. The number of nitrogens with zero attached hydrogens (tertiary/aromatic N) is 1. The van der Waals surface area contributed by atoms with Crippen molar-refractivity contribution in [2.75, 3.05) is 18.1 Å². The van der Waals surface area contributed by atoms with E-state index in [4.69, 9.17) is 17.3 Å². The minimum Gasteiger partial charge on any atom is -0.396 e. The van der Waals surface area contributed by atoms with E-state index in [9.17, 15) is 4.39 Å². The summed E-state index contributed by atoms with van der Waals surface area (Å²) in [5.74, 6) is -0.450. The molecule has 0 bridgehead atoms. The van der Waals surface area contributed by atoms with Gasteiger partial charge in [-0.3, -0.25) is 4.98 Å². The zero-order chi connectivity index (χ0) is 11.0. The third-order valence-corrected chi connectivity index (χ3v) is 2.39. The molecule has 1 aromatic carbocycles. The van der Waals surface area contributed by atoms with Crippen molar-refractivity contribution in [3.05, 3.63) is 29.2 Å². The van der Waals surface area contributed by atoms with E-state index in [1.165, 1.54) is 12.3 Å². The van der Waals surface area contributed by atoms with Gasteiger partial charge in [-0.2, -0.15) is 0 Å². The molecule has 0 aliphatic rings. The molecule has 0 radical (unpaired) electrons. The van der Waals surface area contributed by atoms with Crippen molar-refractivity contribution in [2.45, 2.75) is 0 Å². The average Bonchev–Trinajstić information content (AvgIpc) is 2.17. The van der Waals surface area contributed by atoms with Gasteiger partial charge in [0, 0.05) is 17.5 Å². The van der Waals surface area contributed by atoms with Crippen LogP contribution in [0.15, 0.2) is 18.3 Å². The molecule has 0 spiro atoms. The number of halogens is 2. The standard InChI is InChI=1S/C10H9ClFN3/c1-14-10-6-2-5(11)3-7(12)9(6)15-4-8(10)13/h2-4H,13H2,1H3,(H,14,15). The van der Waals surface area contributed by atoms with Crippen molar-refractivity contribution in [1.29, 1.82) is 0 Å². The second kappa shape index (κ2) is 3.55. The number of nitrogens with two attached hydrogens (primary N) is 1. The van der Waals surface area contributed by atoms with E-state index in [-0.39, 0.29) is 5.52 Å². The minimum absolute atomic E-state index is 0.262. The van der Waals surface area contributed by atoms with E-state index >= 15 is 0 Å². The molecule has 0 amide bonds. The highest BCUT2D eigenvalue weighted by Crippen LogP contribution is 2.31. The lowest BCUT2D eigenvalue weighted by atomic mass is 10.1. The number of hydrogen-bond acceptors (Lipinski definition) is 3. The number of nitrogens with one attached hydrogen (secondary N) is 1. The van der Waals surface area contributed by atoms with Crippen molar-refractivity contribution >= 4 is 33.9 Å². The molecule has 1 aromatic heterocycles. The van der Waals surface area contributed by atoms with Crippen molar-refractivity contribution in [1.82, 2.24) is 4.98 Å². The van der Waals surface area contributed by atoms with E-state index in [1.807, 2.05) is 0 Å². The van der Waals surface area contributed by atoms with Gasteiger partial charge in [0.15, 0.2) is 5.82 Å². The average molecular weight is 226 g/mol. The predicted octanol–water partition coefficient (Wildman–Crippen LogP) is 2.65. The van der Waals surface area contributed by atoms with Crippen LogP contribution in [-0.4, -0.2) is 12.0 Å². The summed E-state index contributed by atoms with van der Waals surface area (Å²) in [6.45, 7) is 0. The summed E-state index contributed by atoms with van der Waals surface area (Å²) < 4.78 is 13.5. The molecule has 2 aromatic rings. The molecule has 15 heavy (non-hydrogen) atoms. The first-order valence-electron chi connectivity index (χ1n) is 4.34. The fourth-order valence-corrected chi connectivity index (χ4v) is 1.73. The van der Waals surface area contributed by atoms with Crippen molar-refractivity contribution < 1.29 is 4.39 Å². The minimum atomic E-state index is -0.450. The molecular weight excluding hydrogens is 217 g/mol. The third-order valence-electron chi connectivity index (χ3n) is 2.17. The summed E-state index contributed by atoms with van der Waals surface area (Å²) >= 11 is 5.77. The molecule has 0 fully saturated rings. The first-order chi connectivity index (χ1) is 7.13. The molecule has 3 N–H and O–H groups in total. The molecule has 0 aliphatic heterocycles. The quantitative estimate of drug-likeness (QED) is 0.785. The second-order valence-corrected chi connectivity index (χ2v) is 3.56. The summed E-state index contributed by atoms with van der Waals surface area (Å²) in [7, 11) is 1.71. The number of pyridine rings is 1. The second-order valence-electron chi connectivity index (χ2n) is 3.12. The van der Waals surface area contributed by atoms with Gasteiger partial charge in [-0.05, 0) is 12.1 Å². The number of rotatable bonds is 1. The highest BCUT2D eigenvalue weighted by atomic mass is 35.5. The van der Waals surface area contributed by atoms with Crippen LogP contribution in [0.4, 0.5) is 15.8 Å². The molecular formula is C10H9ClFN3. The Hall–Kier alpha value is -1.55. The van der Waals surface area contributed by atoms with Gasteiger partial charge in [0.25, 0.3) is 0 Å². The lowest BCUT2D eigenvalue weighted by Crippen LogP contribution is -1.99. The first-order valence-corrected chi connectivity index (χ1v) is 4.72. The van der Waals surface area contributed by atoms with Gasteiger partial charge in [0.05, 0.1) is 17.6 Å². The van der Waals surface area contributed by atoms with Gasteiger partial charge in [-0.15, -0.1) is 0 Å². The van der Waals surface area contributed by atoms with Crippen LogP contribution < -0.4 is 11.1 Å². The zero-order valence-corrected chi connectivity index (χ0v) is 8.77. The van der Waals surface area contributed by atoms with Crippen LogP contribution in [0.5, 0.6) is 0 Å². The number of fused-ring (bicyclic) bond motifs is 1. The molecule has 1 heterocycles. The molecule has 0 unspecified atom stereocenters. The molecule has 5 heteroatoms. The van der Waals surface area contributed by atoms with Gasteiger partial charge in [-0.25, -0.2) is 4.39 Å². The van der Waals surface area contributed by atoms with Gasteiger partial charge < -0.3 is 11.1 Å². The molecule has 78 valence electrons. The van der Waals surface area contributed by atoms with E-state index < -0.39 is 5.82 Å². The lowest BCUT2D eigenvalue weighted by molar-refractivity contribution is 0.637. The molecule has 0 saturated heterocycles. The van der Waals surface area contributed by atoms with Gasteiger partial charge >= 0.3 is 0 Å². The van der Waals surface area contributed by atoms with E-state index in [0.29, 0.717) is 21.8 Å². The Morgan fingerprint density at radius 3 is 2.87 bits per heavy atom.